The summed E-state index contributed by atoms with van der Waals surface area (Å²) in [5.74, 6) is -0.400. The van der Waals surface area contributed by atoms with Crippen molar-refractivity contribution in [2.45, 2.75) is 6.92 Å². The molecule has 1 N–H and O–H groups in total. The highest BCUT2D eigenvalue weighted by atomic mass is 32.2. The Morgan fingerprint density at radius 1 is 1.16 bits per heavy atom. The highest BCUT2D eigenvalue weighted by Crippen LogP contribution is 2.29. The Morgan fingerprint density at radius 3 is 2.56 bits per heavy atom. The molecule has 0 unspecified atom stereocenters. The van der Waals surface area contributed by atoms with Crippen molar-refractivity contribution < 1.29 is 13.2 Å². The number of nitrogens with one attached hydrogen (secondary N) is 1. The second-order valence-electron chi connectivity index (χ2n) is 5.64. The lowest BCUT2D eigenvalue weighted by molar-refractivity contribution is 0.102. The van der Waals surface area contributed by atoms with Gasteiger partial charge in [-0.25, -0.2) is 13.4 Å². The molecule has 0 bridgehead atoms. The molecule has 0 aliphatic carbocycles. The summed E-state index contributed by atoms with van der Waals surface area (Å²) in [4.78, 5) is 17.1. The summed E-state index contributed by atoms with van der Waals surface area (Å²) in [6.45, 7) is 1.96. The number of hydrogen-bond donors (Lipinski definition) is 1. The molecule has 0 aliphatic rings. The summed E-state index contributed by atoms with van der Waals surface area (Å²) in [5, 5.41) is 3.25. The monoisotopic (exact) mass is 375 g/mol. The number of aromatic nitrogens is 1. The summed E-state index contributed by atoms with van der Waals surface area (Å²) in [5.41, 5.74) is 2.47. The van der Waals surface area contributed by atoms with Crippen molar-refractivity contribution in [3.63, 3.8) is 0 Å². The van der Waals surface area contributed by atoms with E-state index in [4.69, 9.17) is 0 Å². The normalized spacial score (nSPS) is 11.5. The first-order valence-corrected chi connectivity index (χ1v) is 10.1. The number of para-hydroxylation sites is 2. The molecule has 130 valence electrons. The van der Waals surface area contributed by atoms with Crippen LogP contribution in [0.5, 0.6) is 0 Å². The van der Waals surface area contributed by atoms with E-state index in [-0.39, 0.29) is 5.56 Å². The van der Waals surface area contributed by atoms with Gasteiger partial charge >= 0.3 is 0 Å². The van der Waals surface area contributed by atoms with E-state index >= 15 is 0 Å². The van der Waals surface area contributed by atoms with Gasteiger partial charge in [-0.3, -0.25) is 14.4 Å². The molecule has 0 spiro atoms. The average molecular weight is 375 g/mol. The molecule has 0 aliphatic heterocycles. The van der Waals surface area contributed by atoms with Crippen LogP contribution < -0.4 is 9.62 Å². The third kappa shape index (κ3) is 3.49. The van der Waals surface area contributed by atoms with Gasteiger partial charge in [0.25, 0.3) is 5.91 Å². The van der Waals surface area contributed by atoms with Gasteiger partial charge < -0.3 is 0 Å². The number of aryl methyl sites for hydroxylation is 1. The molecule has 1 heterocycles. The molecule has 0 fully saturated rings. The van der Waals surface area contributed by atoms with Gasteiger partial charge in [0.15, 0.2) is 5.13 Å². The predicted octanol–water partition coefficient (Wildman–Crippen LogP) is 3.25. The summed E-state index contributed by atoms with van der Waals surface area (Å²) >= 11 is 1.38. The van der Waals surface area contributed by atoms with Gasteiger partial charge in [0.2, 0.25) is 10.0 Å². The fourth-order valence-corrected chi connectivity index (χ4v) is 3.88. The van der Waals surface area contributed by atoms with E-state index in [0.717, 1.165) is 26.3 Å². The minimum atomic E-state index is -3.47. The standard InChI is InChI=1S/C17H17N3O3S2/c1-11-7-6-10-14-15(11)18-17(24-14)19-16(21)12-8-4-5-9-13(12)20(2)25(3,22)23/h4-10H,1-3H3,(H,18,19,21). The largest absolute Gasteiger partial charge is 0.298 e. The fraction of sp³-hybridized carbons (Fsp3) is 0.176. The second kappa shape index (κ2) is 6.45. The number of anilines is 2. The highest BCUT2D eigenvalue weighted by molar-refractivity contribution is 7.92. The van der Waals surface area contributed by atoms with E-state index in [1.165, 1.54) is 18.4 Å². The maximum absolute atomic E-state index is 12.7. The zero-order valence-corrected chi connectivity index (χ0v) is 15.6. The summed E-state index contributed by atoms with van der Waals surface area (Å²) in [7, 11) is -2.05. The Bertz CT molecular complexity index is 1060. The Hall–Kier alpha value is -2.45. The van der Waals surface area contributed by atoms with Crippen molar-refractivity contribution in [1.82, 2.24) is 4.98 Å². The number of nitrogens with zero attached hydrogens (tertiary/aromatic N) is 2. The fourth-order valence-electron chi connectivity index (χ4n) is 2.42. The quantitative estimate of drug-likeness (QED) is 0.759. The third-order valence-corrected chi connectivity index (χ3v) is 5.95. The summed E-state index contributed by atoms with van der Waals surface area (Å²) < 4.78 is 25.7. The number of sulfonamides is 1. The maximum atomic E-state index is 12.7. The van der Waals surface area contributed by atoms with E-state index in [9.17, 15) is 13.2 Å². The lowest BCUT2D eigenvalue weighted by atomic mass is 10.1. The smallest absolute Gasteiger partial charge is 0.259 e. The molecule has 2 aromatic carbocycles. The minimum Gasteiger partial charge on any atom is -0.298 e. The van der Waals surface area contributed by atoms with Crippen molar-refractivity contribution in [1.29, 1.82) is 0 Å². The number of fused-ring (bicyclic) bond motifs is 1. The number of carbonyl (C=O) groups is 1. The molecule has 0 atom stereocenters. The zero-order chi connectivity index (χ0) is 18.2. The third-order valence-electron chi connectivity index (χ3n) is 3.83. The maximum Gasteiger partial charge on any atom is 0.259 e. The molecule has 0 saturated carbocycles. The van der Waals surface area contributed by atoms with Crippen LogP contribution in [0.15, 0.2) is 42.5 Å². The zero-order valence-electron chi connectivity index (χ0n) is 14.0. The van der Waals surface area contributed by atoms with Crippen molar-refractivity contribution in [3.05, 3.63) is 53.6 Å². The van der Waals surface area contributed by atoms with Crippen LogP contribution >= 0.6 is 11.3 Å². The van der Waals surface area contributed by atoms with Crippen LogP contribution in [-0.2, 0) is 10.0 Å². The molecule has 25 heavy (non-hydrogen) atoms. The Morgan fingerprint density at radius 2 is 1.88 bits per heavy atom. The Labute approximate surface area is 150 Å². The Balaban J connectivity index is 1.95. The van der Waals surface area contributed by atoms with Crippen LogP contribution in [0.2, 0.25) is 0 Å². The number of benzene rings is 2. The van der Waals surface area contributed by atoms with Crippen LogP contribution in [0.25, 0.3) is 10.2 Å². The second-order valence-corrected chi connectivity index (χ2v) is 8.69. The minimum absolute atomic E-state index is 0.270. The van der Waals surface area contributed by atoms with Crippen molar-refractivity contribution in [3.8, 4) is 0 Å². The average Bonchev–Trinajstić information content (AvgIpc) is 2.97. The van der Waals surface area contributed by atoms with Crippen molar-refractivity contribution in [2.75, 3.05) is 22.9 Å². The molecule has 0 radical (unpaired) electrons. The molecule has 1 amide bonds. The lowest BCUT2D eigenvalue weighted by Gasteiger charge is -2.19. The highest BCUT2D eigenvalue weighted by Gasteiger charge is 2.20. The molecule has 6 nitrogen and oxygen atoms in total. The molecule has 0 saturated heterocycles. The van der Waals surface area contributed by atoms with Crippen molar-refractivity contribution in [2.24, 2.45) is 0 Å². The van der Waals surface area contributed by atoms with E-state index in [1.54, 1.807) is 24.3 Å². The molecular formula is C17H17N3O3S2. The number of rotatable bonds is 4. The summed E-state index contributed by atoms with van der Waals surface area (Å²) in [6.07, 6.45) is 1.10. The van der Waals surface area contributed by atoms with Crippen LogP contribution in [0.3, 0.4) is 0 Å². The van der Waals surface area contributed by atoms with Gasteiger partial charge in [-0.2, -0.15) is 0 Å². The van der Waals surface area contributed by atoms with E-state index < -0.39 is 15.9 Å². The van der Waals surface area contributed by atoms with Crippen LogP contribution in [0.1, 0.15) is 15.9 Å². The van der Waals surface area contributed by atoms with E-state index in [1.807, 2.05) is 25.1 Å². The number of thiazole rings is 1. The predicted molar refractivity (Wildman–Crippen MR) is 102 cm³/mol. The van der Waals surface area contributed by atoms with Gasteiger partial charge in [-0.15, -0.1) is 0 Å². The van der Waals surface area contributed by atoms with Crippen LogP contribution in [0, 0.1) is 6.92 Å². The SMILES string of the molecule is Cc1cccc2sc(NC(=O)c3ccccc3N(C)S(C)(=O)=O)nc12. The van der Waals surface area contributed by atoms with Crippen LogP contribution in [0.4, 0.5) is 10.8 Å². The number of carbonyl (C=O) groups excluding carboxylic acids is 1. The lowest BCUT2D eigenvalue weighted by Crippen LogP contribution is -2.27. The van der Waals surface area contributed by atoms with E-state index in [2.05, 4.69) is 10.3 Å². The van der Waals surface area contributed by atoms with Gasteiger partial charge in [0, 0.05) is 7.05 Å². The molecule has 3 rings (SSSR count). The molecular weight excluding hydrogens is 358 g/mol. The first-order chi connectivity index (χ1) is 11.8. The summed E-state index contributed by atoms with van der Waals surface area (Å²) in [6, 6.07) is 12.4. The van der Waals surface area contributed by atoms with Gasteiger partial charge in [-0.1, -0.05) is 35.6 Å². The Kier molecular flexibility index (Phi) is 4.49. The topological polar surface area (TPSA) is 79.4 Å². The van der Waals surface area contributed by atoms with Crippen molar-refractivity contribution >= 4 is 48.3 Å². The first-order valence-electron chi connectivity index (χ1n) is 7.48. The molecule has 1 aromatic heterocycles. The number of hydrogen-bond acceptors (Lipinski definition) is 5. The van der Waals surface area contributed by atoms with Crippen LogP contribution in [-0.4, -0.2) is 32.6 Å². The molecule has 3 aromatic rings. The van der Waals surface area contributed by atoms with Gasteiger partial charge in [0.05, 0.1) is 27.7 Å². The van der Waals surface area contributed by atoms with Gasteiger partial charge in [-0.05, 0) is 30.7 Å². The van der Waals surface area contributed by atoms with Gasteiger partial charge in [0.1, 0.15) is 0 Å². The number of amides is 1. The van der Waals surface area contributed by atoms with E-state index in [0.29, 0.717) is 10.8 Å². The first kappa shape index (κ1) is 17.4. The molecule has 8 heteroatoms.